The Labute approximate surface area is 328 Å². The molecule has 5 rings (SSSR count). The normalized spacial score (nSPS) is 39.5. The summed E-state index contributed by atoms with van der Waals surface area (Å²) in [5.74, 6) is 2.77. The van der Waals surface area contributed by atoms with Gasteiger partial charge < -0.3 is 26.0 Å². The van der Waals surface area contributed by atoms with Gasteiger partial charge in [-0.25, -0.2) is 0 Å². The molecule has 5 aliphatic carbocycles. The van der Waals surface area contributed by atoms with E-state index in [9.17, 15) is 24.6 Å². The van der Waals surface area contributed by atoms with Crippen molar-refractivity contribution in [1.82, 2.24) is 10.6 Å². The maximum atomic E-state index is 14.5. The van der Waals surface area contributed by atoms with Crippen molar-refractivity contribution >= 4 is 17.8 Å². The highest BCUT2D eigenvalue weighted by molar-refractivity contribution is 5.83. The number of aliphatic hydroxyl groups is 2. The van der Waals surface area contributed by atoms with E-state index in [-0.39, 0.29) is 51.4 Å². The summed E-state index contributed by atoms with van der Waals surface area (Å²) in [6, 6.07) is -0.550. The minimum absolute atomic E-state index is 0.0372. The summed E-state index contributed by atoms with van der Waals surface area (Å²) >= 11 is 0. The van der Waals surface area contributed by atoms with E-state index in [1.807, 2.05) is 13.8 Å². The maximum Gasteiger partial charge on any atom is 0.306 e. The Kier molecular flexibility index (Phi) is 13.4. The van der Waals surface area contributed by atoms with E-state index in [4.69, 9.17) is 5.11 Å². The van der Waals surface area contributed by atoms with Gasteiger partial charge in [-0.1, -0.05) is 81.6 Å². The van der Waals surface area contributed by atoms with Crippen molar-refractivity contribution in [2.24, 2.45) is 68.5 Å². The van der Waals surface area contributed by atoms with Gasteiger partial charge in [-0.15, -0.1) is 0 Å². The molecule has 0 bridgehead atoms. The molecular weight excluding hydrogens is 677 g/mol. The summed E-state index contributed by atoms with van der Waals surface area (Å²) in [7, 11) is 0. The van der Waals surface area contributed by atoms with Gasteiger partial charge in [0.25, 0.3) is 0 Å². The van der Waals surface area contributed by atoms with Gasteiger partial charge >= 0.3 is 5.97 Å². The Bertz CT molecular complexity index is 1330. The fraction of sp³-hybridized carbons (Fsp3) is 0.935. The Balaban J connectivity index is 1.15. The van der Waals surface area contributed by atoms with Crippen molar-refractivity contribution in [3.05, 3.63) is 0 Å². The van der Waals surface area contributed by atoms with Crippen LogP contribution in [0.3, 0.4) is 0 Å². The number of fused-ring (bicyclic) bond motifs is 7. The van der Waals surface area contributed by atoms with Crippen LogP contribution in [0.4, 0.5) is 0 Å². The monoisotopic (exact) mass is 757 g/mol. The van der Waals surface area contributed by atoms with E-state index in [0.29, 0.717) is 60.8 Å². The summed E-state index contributed by atoms with van der Waals surface area (Å²) in [6.07, 6.45) is 15.3. The summed E-state index contributed by atoms with van der Waals surface area (Å²) in [5.41, 5.74) is 0.452. The molecule has 5 N–H and O–H groups in total. The van der Waals surface area contributed by atoms with E-state index in [0.717, 1.165) is 64.2 Å². The Morgan fingerprint density at radius 1 is 0.759 bits per heavy atom. The minimum atomic E-state index is -1.09. The summed E-state index contributed by atoms with van der Waals surface area (Å²) < 4.78 is 0. The molecule has 0 unspecified atom stereocenters. The number of aliphatic hydroxyl groups excluding tert-OH is 2. The van der Waals surface area contributed by atoms with Gasteiger partial charge in [0, 0.05) is 13.0 Å². The maximum absolute atomic E-state index is 14.5. The third-order valence-electron chi connectivity index (χ3n) is 17.6. The molecule has 0 aromatic carbocycles. The molecule has 5 aliphatic rings. The molecule has 0 aliphatic heterocycles. The molecule has 54 heavy (non-hydrogen) atoms. The van der Waals surface area contributed by atoms with E-state index in [2.05, 4.69) is 59.1 Å². The first kappa shape index (κ1) is 43.5. The fourth-order valence-corrected chi connectivity index (χ4v) is 14.5. The first-order valence-electron chi connectivity index (χ1n) is 22.4. The number of rotatable bonds is 16. The third-order valence-corrected chi connectivity index (χ3v) is 17.6. The summed E-state index contributed by atoms with van der Waals surface area (Å²) in [5, 5.41) is 36.9. The second kappa shape index (κ2) is 16.7. The number of amides is 2. The van der Waals surface area contributed by atoms with Gasteiger partial charge in [-0.05, 0) is 147 Å². The molecule has 12 atom stereocenters. The van der Waals surface area contributed by atoms with E-state index in [1.54, 1.807) is 0 Å². The van der Waals surface area contributed by atoms with Crippen molar-refractivity contribution < 1.29 is 29.7 Å². The lowest BCUT2D eigenvalue weighted by atomic mass is 9.32. The highest BCUT2D eigenvalue weighted by Gasteiger charge is 2.71. The zero-order valence-electron chi connectivity index (χ0n) is 35.8. The first-order chi connectivity index (χ1) is 25.2. The predicted octanol–water partition coefficient (Wildman–Crippen LogP) is 8.91. The highest BCUT2D eigenvalue weighted by atomic mass is 16.4. The number of hydrogen-bond donors (Lipinski definition) is 5. The number of unbranched alkanes of at least 4 members (excludes halogenated alkanes) is 4. The fourth-order valence-electron chi connectivity index (χ4n) is 14.5. The molecule has 0 radical (unpaired) electrons. The molecule has 0 heterocycles. The number of carbonyl (C=O) groups excluding carboxylic acids is 2. The molecule has 2 amide bonds. The third kappa shape index (κ3) is 7.92. The number of aliphatic carboxylic acids is 1. The number of carboxylic acids is 1. The van der Waals surface area contributed by atoms with Crippen molar-refractivity contribution in [2.45, 2.75) is 196 Å². The Hall–Kier alpha value is -1.67. The van der Waals surface area contributed by atoms with Crippen LogP contribution in [0.25, 0.3) is 0 Å². The zero-order valence-corrected chi connectivity index (χ0v) is 35.8. The molecule has 8 heteroatoms. The molecule has 310 valence electrons. The zero-order chi connectivity index (χ0) is 39.9. The quantitative estimate of drug-likeness (QED) is 0.0999. The Morgan fingerprint density at radius 3 is 2.11 bits per heavy atom. The number of carbonyl (C=O) groups is 3. The van der Waals surface area contributed by atoms with E-state index in [1.165, 1.54) is 32.1 Å². The van der Waals surface area contributed by atoms with Crippen LogP contribution >= 0.6 is 0 Å². The lowest BCUT2D eigenvalue weighted by Gasteiger charge is -2.73. The molecule has 0 aromatic heterocycles. The first-order valence-corrected chi connectivity index (χ1v) is 22.4. The highest BCUT2D eigenvalue weighted by Crippen LogP contribution is 2.77. The van der Waals surface area contributed by atoms with Crippen molar-refractivity contribution in [3.8, 4) is 0 Å². The lowest BCUT2D eigenvalue weighted by Crippen LogP contribution is -2.67. The van der Waals surface area contributed by atoms with Crippen molar-refractivity contribution in [3.63, 3.8) is 0 Å². The lowest BCUT2D eigenvalue weighted by molar-refractivity contribution is -0.248. The minimum Gasteiger partial charge on any atom is -0.481 e. The van der Waals surface area contributed by atoms with Crippen LogP contribution in [0.5, 0.6) is 0 Å². The summed E-state index contributed by atoms with van der Waals surface area (Å²) in [6.45, 7) is 22.1. The smallest absolute Gasteiger partial charge is 0.306 e. The van der Waals surface area contributed by atoms with E-state index < -0.39 is 18.1 Å². The molecule has 5 fully saturated rings. The van der Waals surface area contributed by atoms with Gasteiger partial charge in [0.1, 0.15) is 0 Å². The van der Waals surface area contributed by atoms with Crippen LogP contribution in [0.1, 0.15) is 178 Å². The summed E-state index contributed by atoms with van der Waals surface area (Å²) in [4.78, 5) is 38.2. The molecule has 5 saturated carbocycles. The second-order valence-corrected chi connectivity index (χ2v) is 21.4. The van der Waals surface area contributed by atoms with Crippen LogP contribution in [0.15, 0.2) is 0 Å². The average molecular weight is 757 g/mol. The average Bonchev–Trinajstić information content (AvgIpc) is 3.49. The van der Waals surface area contributed by atoms with Gasteiger partial charge in [0.15, 0.2) is 0 Å². The standard InChI is InChI=1S/C46H80N2O6/c1-29(2)27-33(34(49)28-39(52)53)48-38(51)15-13-11-10-12-14-26-47-41(54)46-23-18-31(30(3)4)40(46)32-16-17-36-43(7)21-20-37(50)42(5,6)35(43)19-22-45(36,9)44(32,8)24-25-46/h29-37,40,49-50H,10-28H2,1-9H3,(H,47,54)(H,48,51)(H,52,53)/t31-,32+,33-,34+,35-,36+,37-,40+,43-,44+,45+,46-/m0/s1. The number of hydrogen-bond acceptors (Lipinski definition) is 5. The van der Waals surface area contributed by atoms with Crippen LogP contribution in [-0.2, 0) is 14.4 Å². The molecule has 0 spiro atoms. The van der Waals surface area contributed by atoms with Gasteiger partial charge in [0.05, 0.1) is 30.1 Å². The largest absolute Gasteiger partial charge is 0.481 e. The molecule has 0 saturated heterocycles. The van der Waals surface area contributed by atoms with Crippen LogP contribution in [-0.4, -0.2) is 57.9 Å². The van der Waals surface area contributed by atoms with E-state index >= 15 is 0 Å². The van der Waals surface area contributed by atoms with Crippen LogP contribution in [0, 0.1) is 68.5 Å². The van der Waals surface area contributed by atoms with Crippen LogP contribution < -0.4 is 10.6 Å². The van der Waals surface area contributed by atoms with Gasteiger partial charge in [0.2, 0.25) is 11.8 Å². The number of nitrogens with one attached hydrogen (secondary N) is 2. The SMILES string of the molecule is CC(C)C[C@H](NC(=O)CCCCCCCNC(=O)[C@]12CC[C@@H](C(C)C)[C@@H]1[C@H]1CC[C@@H]3[C@@]4(C)CC[C@H](O)C(C)(C)[C@@H]4CC[C@@]3(C)[C@]1(C)CC2)[C@H](O)CC(=O)O. The number of carboxylic acid groups (broad SMARTS) is 1. The van der Waals surface area contributed by atoms with Gasteiger partial charge in [-0.2, -0.15) is 0 Å². The van der Waals surface area contributed by atoms with Crippen molar-refractivity contribution in [2.75, 3.05) is 6.54 Å². The Morgan fingerprint density at radius 2 is 1.44 bits per heavy atom. The molecular formula is C46H80N2O6. The second-order valence-electron chi connectivity index (χ2n) is 21.4. The topological polar surface area (TPSA) is 136 Å². The van der Waals surface area contributed by atoms with Gasteiger partial charge in [-0.3, -0.25) is 14.4 Å². The predicted molar refractivity (Wildman–Crippen MR) is 215 cm³/mol. The van der Waals surface area contributed by atoms with Crippen LogP contribution in [0.2, 0.25) is 0 Å². The molecule has 0 aromatic rings. The molecule has 8 nitrogen and oxygen atoms in total. The van der Waals surface area contributed by atoms with Crippen molar-refractivity contribution in [1.29, 1.82) is 0 Å².